The normalized spacial score (nSPS) is 10.2. The summed E-state index contributed by atoms with van der Waals surface area (Å²) in [6.07, 6.45) is 1.47. The monoisotopic (exact) mass is 253 g/mol. The number of anilines is 1. The molecular formula is C15H15N3O. The third-order valence-corrected chi connectivity index (χ3v) is 2.75. The summed E-state index contributed by atoms with van der Waals surface area (Å²) < 4.78 is 5.60. The van der Waals surface area contributed by atoms with E-state index in [2.05, 4.69) is 18.8 Å². The molecule has 1 aromatic heterocycles. The number of nitrogens with zero attached hydrogens (tertiary/aromatic N) is 2. The van der Waals surface area contributed by atoms with Crippen molar-refractivity contribution in [2.75, 3.05) is 5.73 Å². The Morgan fingerprint density at radius 3 is 2.53 bits per heavy atom. The van der Waals surface area contributed by atoms with Crippen LogP contribution in [0.1, 0.15) is 30.9 Å². The van der Waals surface area contributed by atoms with Crippen LogP contribution in [0.2, 0.25) is 0 Å². The van der Waals surface area contributed by atoms with Gasteiger partial charge in [0.1, 0.15) is 17.4 Å². The summed E-state index contributed by atoms with van der Waals surface area (Å²) in [6.45, 7) is 4.26. The third kappa shape index (κ3) is 3.02. The summed E-state index contributed by atoms with van der Waals surface area (Å²) in [6, 6.07) is 11.3. The van der Waals surface area contributed by atoms with Gasteiger partial charge in [0, 0.05) is 0 Å². The van der Waals surface area contributed by atoms with E-state index in [1.165, 1.54) is 11.8 Å². The predicted molar refractivity (Wildman–Crippen MR) is 74.0 cm³/mol. The zero-order valence-electron chi connectivity index (χ0n) is 10.9. The highest BCUT2D eigenvalue weighted by Gasteiger charge is 2.07. The molecule has 2 aromatic rings. The first-order valence-corrected chi connectivity index (χ1v) is 6.03. The topological polar surface area (TPSA) is 71.9 Å². The molecule has 1 aromatic carbocycles. The number of rotatable bonds is 3. The summed E-state index contributed by atoms with van der Waals surface area (Å²) >= 11 is 0. The molecule has 0 fully saturated rings. The van der Waals surface area contributed by atoms with Crippen molar-refractivity contribution in [1.29, 1.82) is 5.26 Å². The fraction of sp³-hybridized carbons (Fsp3) is 0.200. The maximum Gasteiger partial charge on any atom is 0.237 e. The molecule has 4 heteroatoms. The van der Waals surface area contributed by atoms with Gasteiger partial charge in [0.2, 0.25) is 5.88 Å². The third-order valence-electron chi connectivity index (χ3n) is 2.75. The Morgan fingerprint density at radius 1 is 1.26 bits per heavy atom. The van der Waals surface area contributed by atoms with Gasteiger partial charge in [0.15, 0.2) is 0 Å². The van der Waals surface area contributed by atoms with Gasteiger partial charge in [-0.2, -0.15) is 5.26 Å². The van der Waals surface area contributed by atoms with Crippen LogP contribution in [0.5, 0.6) is 11.6 Å². The first kappa shape index (κ1) is 12.9. The zero-order chi connectivity index (χ0) is 13.8. The van der Waals surface area contributed by atoms with Gasteiger partial charge in [-0.15, -0.1) is 0 Å². The minimum atomic E-state index is 0.272. The number of nitrogen functional groups attached to an aromatic ring is 1. The minimum absolute atomic E-state index is 0.272. The van der Waals surface area contributed by atoms with E-state index in [9.17, 15) is 0 Å². The van der Waals surface area contributed by atoms with E-state index in [4.69, 9.17) is 15.7 Å². The molecule has 2 N–H and O–H groups in total. The molecule has 0 unspecified atom stereocenters. The summed E-state index contributed by atoms with van der Waals surface area (Å²) in [5, 5.41) is 9.01. The van der Waals surface area contributed by atoms with E-state index in [0.29, 0.717) is 22.9 Å². The average Bonchev–Trinajstić information content (AvgIpc) is 2.41. The van der Waals surface area contributed by atoms with E-state index < -0.39 is 0 Å². The molecule has 0 saturated heterocycles. The van der Waals surface area contributed by atoms with Crippen molar-refractivity contribution in [3.63, 3.8) is 0 Å². The molecule has 0 atom stereocenters. The number of ether oxygens (including phenoxy) is 1. The smallest absolute Gasteiger partial charge is 0.237 e. The number of nitrogens with two attached hydrogens (primary N) is 1. The summed E-state index contributed by atoms with van der Waals surface area (Å²) in [4.78, 5) is 4.03. The van der Waals surface area contributed by atoms with Crippen molar-refractivity contribution in [2.24, 2.45) is 0 Å². The molecule has 0 aliphatic rings. The second-order valence-electron chi connectivity index (χ2n) is 4.56. The van der Waals surface area contributed by atoms with Gasteiger partial charge >= 0.3 is 0 Å². The number of aromatic nitrogens is 1. The average molecular weight is 253 g/mol. The van der Waals surface area contributed by atoms with Crippen LogP contribution in [0.3, 0.4) is 0 Å². The van der Waals surface area contributed by atoms with Crippen LogP contribution < -0.4 is 10.5 Å². The van der Waals surface area contributed by atoms with Crippen molar-refractivity contribution in [3.8, 4) is 17.7 Å². The lowest BCUT2D eigenvalue weighted by Gasteiger charge is -2.09. The van der Waals surface area contributed by atoms with Crippen LogP contribution >= 0.6 is 0 Å². The van der Waals surface area contributed by atoms with E-state index in [-0.39, 0.29) is 5.88 Å². The Labute approximate surface area is 112 Å². The van der Waals surface area contributed by atoms with Crippen molar-refractivity contribution >= 4 is 5.69 Å². The Balaban J connectivity index is 2.24. The van der Waals surface area contributed by atoms with Crippen molar-refractivity contribution in [2.45, 2.75) is 19.8 Å². The number of nitriles is 1. The maximum atomic E-state index is 9.01. The highest BCUT2D eigenvalue weighted by molar-refractivity contribution is 5.49. The fourth-order valence-corrected chi connectivity index (χ4v) is 1.66. The summed E-state index contributed by atoms with van der Waals surface area (Å²) in [5.41, 5.74) is 7.59. The standard InChI is InChI=1S/C15H15N3O/c1-10(2)11-3-5-14(6-4-11)19-15-12(8-16)7-13(17)9-18-15/h3-7,9-10H,17H2,1-2H3. The molecule has 0 amide bonds. The first-order valence-electron chi connectivity index (χ1n) is 6.03. The van der Waals surface area contributed by atoms with E-state index in [1.807, 2.05) is 30.3 Å². The molecule has 2 rings (SSSR count). The van der Waals surface area contributed by atoms with E-state index >= 15 is 0 Å². The minimum Gasteiger partial charge on any atom is -0.438 e. The number of hydrogen-bond acceptors (Lipinski definition) is 4. The molecule has 19 heavy (non-hydrogen) atoms. The van der Waals surface area contributed by atoms with Crippen molar-refractivity contribution in [3.05, 3.63) is 47.7 Å². The SMILES string of the molecule is CC(C)c1ccc(Oc2ncc(N)cc2C#N)cc1. The second-order valence-corrected chi connectivity index (χ2v) is 4.56. The van der Waals surface area contributed by atoms with Crippen LogP contribution in [-0.2, 0) is 0 Å². The zero-order valence-corrected chi connectivity index (χ0v) is 10.9. The van der Waals surface area contributed by atoms with Gasteiger partial charge in [-0.3, -0.25) is 0 Å². The first-order chi connectivity index (χ1) is 9.10. The fourth-order valence-electron chi connectivity index (χ4n) is 1.66. The number of benzene rings is 1. The Bertz CT molecular complexity index is 612. The molecule has 4 nitrogen and oxygen atoms in total. The lowest BCUT2D eigenvalue weighted by atomic mass is 10.0. The van der Waals surface area contributed by atoms with Gasteiger partial charge in [-0.1, -0.05) is 26.0 Å². The molecule has 1 heterocycles. The molecule has 0 aliphatic carbocycles. The van der Waals surface area contributed by atoms with Crippen LogP contribution in [0.15, 0.2) is 36.5 Å². The Kier molecular flexibility index (Phi) is 3.67. The van der Waals surface area contributed by atoms with Crippen LogP contribution in [0.4, 0.5) is 5.69 Å². The Hall–Kier alpha value is -2.54. The van der Waals surface area contributed by atoms with Gasteiger partial charge in [-0.05, 0) is 29.7 Å². The molecule has 96 valence electrons. The molecule has 0 aliphatic heterocycles. The lowest BCUT2D eigenvalue weighted by Crippen LogP contribution is -1.95. The van der Waals surface area contributed by atoms with Gasteiger partial charge < -0.3 is 10.5 Å². The quantitative estimate of drug-likeness (QED) is 0.909. The largest absolute Gasteiger partial charge is 0.438 e. The Morgan fingerprint density at radius 2 is 1.95 bits per heavy atom. The number of hydrogen-bond donors (Lipinski definition) is 1. The van der Waals surface area contributed by atoms with Crippen LogP contribution in [0.25, 0.3) is 0 Å². The summed E-state index contributed by atoms with van der Waals surface area (Å²) in [5.74, 6) is 1.39. The molecule has 0 bridgehead atoms. The van der Waals surface area contributed by atoms with Crippen molar-refractivity contribution in [1.82, 2.24) is 4.98 Å². The molecule has 0 saturated carbocycles. The van der Waals surface area contributed by atoms with Gasteiger partial charge in [-0.25, -0.2) is 4.98 Å². The van der Waals surface area contributed by atoms with E-state index in [1.54, 1.807) is 6.07 Å². The number of pyridine rings is 1. The van der Waals surface area contributed by atoms with Crippen molar-refractivity contribution < 1.29 is 4.74 Å². The van der Waals surface area contributed by atoms with Gasteiger partial charge in [0.25, 0.3) is 0 Å². The molecular weight excluding hydrogens is 238 g/mol. The maximum absolute atomic E-state index is 9.01. The van der Waals surface area contributed by atoms with Gasteiger partial charge in [0.05, 0.1) is 11.9 Å². The predicted octanol–water partition coefficient (Wildman–Crippen LogP) is 3.45. The molecule has 0 radical (unpaired) electrons. The van der Waals surface area contributed by atoms with Crippen LogP contribution in [0, 0.1) is 11.3 Å². The van der Waals surface area contributed by atoms with E-state index in [0.717, 1.165) is 0 Å². The van der Waals surface area contributed by atoms with Crippen LogP contribution in [-0.4, -0.2) is 4.98 Å². The highest BCUT2D eigenvalue weighted by atomic mass is 16.5. The summed E-state index contributed by atoms with van der Waals surface area (Å²) in [7, 11) is 0. The highest BCUT2D eigenvalue weighted by Crippen LogP contribution is 2.25. The molecule has 0 spiro atoms. The lowest BCUT2D eigenvalue weighted by molar-refractivity contribution is 0.461. The second kappa shape index (κ2) is 5.40.